The SMILES string of the molecule is NC1(Cc2csc3ccccc23)CCc2ccccc21. The Morgan fingerprint density at radius 2 is 1.85 bits per heavy atom. The van der Waals surface area contributed by atoms with Crippen LogP contribution in [0.5, 0.6) is 0 Å². The summed E-state index contributed by atoms with van der Waals surface area (Å²) in [4.78, 5) is 0. The molecule has 1 unspecified atom stereocenters. The first-order valence-corrected chi connectivity index (χ1v) is 7.97. The molecule has 3 aromatic rings. The van der Waals surface area contributed by atoms with Crippen LogP contribution in [0, 0.1) is 0 Å². The first kappa shape index (κ1) is 12.1. The topological polar surface area (TPSA) is 26.0 Å². The molecule has 2 heteroatoms. The largest absolute Gasteiger partial charge is 0.321 e. The van der Waals surface area contributed by atoms with Gasteiger partial charge in [-0.15, -0.1) is 11.3 Å². The van der Waals surface area contributed by atoms with E-state index in [-0.39, 0.29) is 5.54 Å². The maximum atomic E-state index is 6.76. The molecule has 20 heavy (non-hydrogen) atoms. The summed E-state index contributed by atoms with van der Waals surface area (Å²) in [6.45, 7) is 0. The van der Waals surface area contributed by atoms with Crippen molar-refractivity contribution in [1.29, 1.82) is 0 Å². The summed E-state index contributed by atoms with van der Waals surface area (Å²) in [6, 6.07) is 17.3. The Morgan fingerprint density at radius 3 is 2.80 bits per heavy atom. The Bertz CT molecular complexity index is 774. The Kier molecular flexibility index (Phi) is 2.69. The minimum atomic E-state index is -0.194. The van der Waals surface area contributed by atoms with Gasteiger partial charge in [-0.2, -0.15) is 0 Å². The van der Waals surface area contributed by atoms with E-state index >= 15 is 0 Å². The molecule has 4 rings (SSSR count). The van der Waals surface area contributed by atoms with Crippen molar-refractivity contribution in [3.63, 3.8) is 0 Å². The van der Waals surface area contributed by atoms with E-state index in [1.54, 1.807) is 0 Å². The van der Waals surface area contributed by atoms with Crippen LogP contribution < -0.4 is 5.73 Å². The number of thiophene rings is 1. The zero-order valence-electron chi connectivity index (χ0n) is 11.3. The van der Waals surface area contributed by atoms with Gasteiger partial charge in [-0.05, 0) is 52.8 Å². The van der Waals surface area contributed by atoms with E-state index in [2.05, 4.69) is 53.9 Å². The molecule has 1 heterocycles. The summed E-state index contributed by atoms with van der Waals surface area (Å²) in [7, 11) is 0. The molecule has 0 saturated carbocycles. The molecule has 1 aliphatic carbocycles. The van der Waals surface area contributed by atoms with Gasteiger partial charge in [0.25, 0.3) is 0 Å². The predicted octanol–water partition coefficient (Wildman–Crippen LogP) is 4.24. The van der Waals surface area contributed by atoms with E-state index in [1.807, 2.05) is 11.3 Å². The lowest BCUT2D eigenvalue weighted by Crippen LogP contribution is -2.36. The van der Waals surface area contributed by atoms with Crippen LogP contribution in [0.2, 0.25) is 0 Å². The molecule has 2 N–H and O–H groups in total. The monoisotopic (exact) mass is 279 g/mol. The fourth-order valence-corrected chi connectivity index (χ4v) is 4.37. The number of fused-ring (bicyclic) bond motifs is 2. The molecule has 0 aliphatic heterocycles. The molecule has 1 atom stereocenters. The second-order valence-electron chi connectivity index (χ2n) is 5.75. The molecule has 0 saturated heterocycles. The van der Waals surface area contributed by atoms with Crippen LogP contribution in [-0.2, 0) is 18.4 Å². The standard InChI is InChI=1S/C18H17NS/c19-18(10-9-13-5-1-3-7-16(13)18)11-14-12-20-17-8-4-2-6-15(14)17/h1-8,12H,9-11,19H2. The van der Waals surface area contributed by atoms with Crippen molar-refractivity contribution in [2.24, 2.45) is 5.73 Å². The van der Waals surface area contributed by atoms with E-state index in [9.17, 15) is 0 Å². The number of nitrogens with two attached hydrogens (primary N) is 1. The number of hydrogen-bond donors (Lipinski definition) is 1. The van der Waals surface area contributed by atoms with Crippen LogP contribution in [-0.4, -0.2) is 0 Å². The van der Waals surface area contributed by atoms with Gasteiger partial charge in [0.1, 0.15) is 0 Å². The summed E-state index contributed by atoms with van der Waals surface area (Å²) >= 11 is 1.82. The van der Waals surface area contributed by atoms with E-state index in [0.717, 1.165) is 19.3 Å². The van der Waals surface area contributed by atoms with Crippen molar-refractivity contribution in [3.8, 4) is 0 Å². The minimum absolute atomic E-state index is 0.194. The highest BCUT2D eigenvalue weighted by Crippen LogP contribution is 2.39. The third-order valence-electron chi connectivity index (χ3n) is 4.46. The molecule has 2 aromatic carbocycles. The lowest BCUT2D eigenvalue weighted by molar-refractivity contribution is 0.441. The van der Waals surface area contributed by atoms with Crippen molar-refractivity contribution < 1.29 is 0 Å². The molecule has 0 fully saturated rings. The van der Waals surface area contributed by atoms with Crippen molar-refractivity contribution in [1.82, 2.24) is 0 Å². The fraction of sp³-hybridized carbons (Fsp3) is 0.222. The minimum Gasteiger partial charge on any atom is -0.321 e. The van der Waals surface area contributed by atoms with E-state index in [0.29, 0.717) is 0 Å². The quantitative estimate of drug-likeness (QED) is 0.746. The highest BCUT2D eigenvalue weighted by atomic mass is 32.1. The summed E-state index contributed by atoms with van der Waals surface area (Å²) in [5.41, 5.74) is 10.7. The molecule has 0 spiro atoms. The average molecular weight is 279 g/mol. The van der Waals surface area contributed by atoms with E-state index < -0.39 is 0 Å². The Hall–Kier alpha value is -1.64. The number of hydrogen-bond acceptors (Lipinski definition) is 2. The first-order valence-electron chi connectivity index (χ1n) is 7.09. The normalized spacial score (nSPS) is 21.2. The number of rotatable bonds is 2. The van der Waals surface area contributed by atoms with Crippen LogP contribution in [0.25, 0.3) is 10.1 Å². The lowest BCUT2D eigenvalue weighted by Gasteiger charge is -2.25. The van der Waals surface area contributed by atoms with Gasteiger partial charge in [0.2, 0.25) is 0 Å². The average Bonchev–Trinajstić information content (AvgIpc) is 3.03. The van der Waals surface area contributed by atoms with Crippen molar-refractivity contribution >= 4 is 21.4 Å². The number of benzene rings is 2. The second-order valence-corrected chi connectivity index (χ2v) is 6.66. The third-order valence-corrected chi connectivity index (χ3v) is 5.47. The lowest BCUT2D eigenvalue weighted by atomic mass is 9.86. The smallest absolute Gasteiger partial charge is 0.0456 e. The molecular weight excluding hydrogens is 262 g/mol. The van der Waals surface area contributed by atoms with Gasteiger partial charge < -0.3 is 5.73 Å². The van der Waals surface area contributed by atoms with E-state index in [4.69, 9.17) is 5.73 Å². The Balaban J connectivity index is 1.76. The fourth-order valence-electron chi connectivity index (χ4n) is 3.41. The van der Waals surface area contributed by atoms with Crippen LogP contribution in [0.4, 0.5) is 0 Å². The number of aryl methyl sites for hydroxylation is 1. The highest BCUT2D eigenvalue weighted by molar-refractivity contribution is 7.17. The first-order chi connectivity index (χ1) is 9.76. The van der Waals surface area contributed by atoms with Crippen LogP contribution >= 0.6 is 11.3 Å². The van der Waals surface area contributed by atoms with Gasteiger partial charge >= 0.3 is 0 Å². The molecule has 0 radical (unpaired) electrons. The van der Waals surface area contributed by atoms with Gasteiger partial charge in [0.05, 0.1) is 0 Å². The Labute approximate surface area is 123 Å². The van der Waals surface area contributed by atoms with Crippen LogP contribution in [0.3, 0.4) is 0 Å². The summed E-state index contributed by atoms with van der Waals surface area (Å²) in [5, 5.41) is 3.65. The summed E-state index contributed by atoms with van der Waals surface area (Å²) < 4.78 is 1.36. The van der Waals surface area contributed by atoms with Gasteiger partial charge in [-0.3, -0.25) is 0 Å². The van der Waals surface area contributed by atoms with Crippen LogP contribution in [0.1, 0.15) is 23.1 Å². The van der Waals surface area contributed by atoms with Crippen molar-refractivity contribution in [3.05, 3.63) is 70.6 Å². The van der Waals surface area contributed by atoms with Gasteiger partial charge in [0, 0.05) is 10.2 Å². The highest BCUT2D eigenvalue weighted by Gasteiger charge is 2.35. The Morgan fingerprint density at radius 1 is 1.05 bits per heavy atom. The molecule has 0 bridgehead atoms. The van der Waals surface area contributed by atoms with Crippen LogP contribution in [0.15, 0.2) is 53.9 Å². The molecule has 1 aromatic heterocycles. The summed E-state index contributed by atoms with van der Waals surface area (Å²) in [6.07, 6.45) is 3.10. The van der Waals surface area contributed by atoms with Gasteiger partial charge in [-0.25, -0.2) is 0 Å². The maximum absolute atomic E-state index is 6.76. The van der Waals surface area contributed by atoms with Gasteiger partial charge in [-0.1, -0.05) is 42.5 Å². The third kappa shape index (κ3) is 1.80. The molecule has 100 valence electrons. The molecule has 1 nitrogen and oxygen atoms in total. The molecular formula is C18H17NS. The zero-order valence-corrected chi connectivity index (χ0v) is 12.1. The maximum Gasteiger partial charge on any atom is 0.0456 e. The van der Waals surface area contributed by atoms with Gasteiger partial charge in [0.15, 0.2) is 0 Å². The summed E-state index contributed by atoms with van der Waals surface area (Å²) in [5.74, 6) is 0. The van der Waals surface area contributed by atoms with E-state index in [1.165, 1.54) is 26.8 Å². The zero-order chi connectivity index (χ0) is 13.6. The second kappa shape index (κ2) is 4.44. The molecule has 0 amide bonds. The molecule has 1 aliphatic rings. The van der Waals surface area contributed by atoms with Crippen molar-refractivity contribution in [2.45, 2.75) is 24.8 Å². The predicted molar refractivity (Wildman–Crippen MR) is 86.2 cm³/mol. The van der Waals surface area contributed by atoms with Crippen molar-refractivity contribution in [2.75, 3.05) is 0 Å².